The first-order valence-corrected chi connectivity index (χ1v) is 10.5. The Hall–Kier alpha value is -3.71. The van der Waals surface area contributed by atoms with Crippen LogP contribution in [0.1, 0.15) is 10.5 Å². The van der Waals surface area contributed by atoms with Crippen LogP contribution in [-0.4, -0.2) is 27.1 Å². The predicted octanol–water partition coefficient (Wildman–Crippen LogP) is 5.26. The summed E-state index contributed by atoms with van der Waals surface area (Å²) in [6.07, 6.45) is 6.92. The summed E-state index contributed by atoms with van der Waals surface area (Å²) in [6.45, 7) is 0. The van der Waals surface area contributed by atoms with Crippen molar-refractivity contribution in [2.75, 3.05) is 16.9 Å². The third-order valence-electron chi connectivity index (χ3n) is 4.39. The summed E-state index contributed by atoms with van der Waals surface area (Å²) in [4.78, 5) is 26.7. The van der Waals surface area contributed by atoms with E-state index in [0.29, 0.717) is 11.6 Å². The Kier molecular flexibility index (Phi) is 6.01. The summed E-state index contributed by atoms with van der Waals surface area (Å²) in [5.74, 6) is 0.0254. The van der Waals surface area contributed by atoms with E-state index in [1.165, 1.54) is 4.90 Å². The highest BCUT2D eigenvalue weighted by Gasteiger charge is 2.13. The van der Waals surface area contributed by atoms with Crippen molar-refractivity contribution in [1.82, 2.24) is 15.0 Å². The van der Waals surface area contributed by atoms with Crippen LogP contribution in [0.25, 0.3) is 11.1 Å². The normalized spacial score (nSPS) is 10.4. The Labute approximate surface area is 178 Å². The van der Waals surface area contributed by atoms with Crippen molar-refractivity contribution >= 4 is 35.0 Å². The van der Waals surface area contributed by atoms with Gasteiger partial charge in [-0.25, -0.2) is 9.97 Å². The molecule has 0 fully saturated rings. The molecular weight excluding hydrogens is 394 g/mol. The Morgan fingerprint density at radius 1 is 0.933 bits per heavy atom. The van der Waals surface area contributed by atoms with Crippen molar-refractivity contribution < 1.29 is 4.79 Å². The lowest BCUT2D eigenvalue weighted by molar-refractivity contribution is 0.102. The summed E-state index contributed by atoms with van der Waals surface area (Å²) in [5, 5.41) is 6.04. The number of aromatic nitrogens is 3. The van der Waals surface area contributed by atoms with Gasteiger partial charge in [-0.15, -0.1) is 11.8 Å². The lowest BCUT2D eigenvalue weighted by atomic mass is 10.1. The topological polar surface area (TPSA) is 79.8 Å². The summed E-state index contributed by atoms with van der Waals surface area (Å²) in [5.41, 5.74) is 3.61. The first-order chi connectivity index (χ1) is 14.7. The molecule has 0 radical (unpaired) electrons. The van der Waals surface area contributed by atoms with Crippen molar-refractivity contribution in [2.24, 2.45) is 0 Å². The zero-order chi connectivity index (χ0) is 20.8. The molecule has 30 heavy (non-hydrogen) atoms. The van der Waals surface area contributed by atoms with E-state index in [2.05, 4.69) is 25.6 Å². The van der Waals surface area contributed by atoms with Crippen LogP contribution in [0.2, 0.25) is 0 Å². The van der Waals surface area contributed by atoms with E-state index >= 15 is 0 Å². The number of anilines is 3. The van der Waals surface area contributed by atoms with Gasteiger partial charge in [-0.05, 0) is 48.2 Å². The first kappa shape index (κ1) is 19.6. The second kappa shape index (κ2) is 9.19. The number of thioether (sulfide) groups is 1. The van der Waals surface area contributed by atoms with E-state index < -0.39 is 0 Å². The number of nitrogens with one attached hydrogen (secondary N) is 2. The van der Waals surface area contributed by atoms with Crippen LogP contribution in [0, 0.1) is 0 Å². The van der Waals surface area contributed by atoms with Crippen molar-refractivity contribution in [1.29, 1.82) is 0 Å². The highest BCUT2D eigenvalue weighted by Crippen LogP contribution is 2.27. The predicted molar refractivity (Wildman–Crippen MR) is 121 cm³/mol. The molecule has 2 aromatic heterocycles. The van der Waals surface area contributed by atoms with Gasteiger partial charge in [0.2, 0.25) is 5.95 Å². The van der Waals surface area contributed by atoms with Gasteiger partial charge in [-0.1, -0.05) is 30.3 Å². The number of carbonyl (C=O) groups excluding carboxylic acids is 1. The standard InChI is InChI=1S/C23H19N5OS/c1-30-18-9-7-17(8-10-18)26-23-25-14-12-20(28-23)22(29)27-21-15-24-13-11-19(21)16-5-3-2-4-6-16/h2-15H,1H3,(H,27,29)(H,25,26,28). The zero-order valence-corrected chi connectivity index (χ0v) is 17.1. The number of carbonyl (C=O) groups is 1. The molecule has 7 heteroatoms. The van der Waals surface area contributed by atoms with Crippen LogP contribution in [0.5, 0.6) is 0 Å². The molecule has 0 aliphatic carbocycles. The minimum atomic E-state index is -0.330. The molecule has 0 aliphatic rings. The average Bonchev–Trinajstić information content (AvgIpc) is 2.81. The minimum Gasteiger partial charge on any atom is -0.324 e. The van der Waals surface area contributed by atoms with Crippen molar-refractivity contribution in [3.63, 3.8) is 0 Å². The lowest BCUT2D eigenvalue weighted by Gasteiger charge is -2.11. The van der Waals surface area contributed by atoms with Crippen LogP contribution in [0.4, 0.5) is 17.3 Å². The largest absolute Gasteiger partial charge is 0.324 e. The maximum absolute atomic E-state index is 12.8. The van der Waals surface area contributed by atoms with Gasteiger partial charge in [-0.2, -0.15) is 0 Å². The highest BCUT2D eigenvalue weighted by molar-refractivity contribution is 7.98. The number of rotatable bonds is 6. The molecule has 2 N–H and O–H groups in total. The van der Waals surface area contributed by atoms with E-state index in [-0.39, 0.29) is 11.6 Å². The smallest absolute Gasteiger partial charge is 0.274 e. The third kappa shape index (κ3) is 4.64. The van der Waals surface area contributed by atoms with E-state index in [4.69, 9.17) is 0 Å². The first-order valence-electron chi connectivity index (χ1n) is 9.28. The summed E-state index contributed by atoms with van der Waals surface area (Å²) < 4.78 is 0. The summed E-state index contributed by atoms with van der Waals surface area (Å²) in [6, 6.07) is 21.2. The molecule has 2 heterocycles. The molecule has 6 nitrogen and oxygen atoms in total. The molecule has 0 unspecified atom stereocenters. The summed E-state index contributed by atoms with van der Waals surface area (Å²) >= 11 is 1.67. The minimum absolute atomic E-state index is 0.260. The van der Waals surface area contributed by atoms with Gasteiger partial charge >= 0.3 is 0 Å². The van der Waals surface area contributed by atoms with E-state index in [0.717, 1.165) is 16.8 Å². The van der Waals surface area contributed by atoms with Crippen LogP contribution in [0.15, 0.2) is 90.2 Å². The molecule has 1 amide bonds. The molecule has 0 spiro atoms. The average molecular weight is 414 g/mol. The fraction of sp³-hybridized carbons (Fsp3) is 0.0435. The second-order valence-electron chi connectivity index (χ2n) is 6.36. The Balaban J connectivity index is 1.53. The van der Waals surface area contributed by atoms with Gasteiger partial charge in [0.15, 0.2) is 0 Å². The van der Waals surface area contributed by atoms with Gasteiger partial charge in [0.1, 0.15) is 5.69 Å². The van der Waals surface area contributed by atoms with Gasteiger partial charge in [0.25, 0.3) is 5.91 Å². The van der Waals surface area contributed by atoms with Crippen molar-refractivity contribution in [2.45, 2.75) is 4.90 Å². The maximum Gasteiger partial charge on any atom is 0.274 e. The number of pyridine rings is 1. The number of amides is 1. The number of nitrogens with zero attached hydrogens (tertiary/aromatic N) is 3. The fourth-order valence-electron chi connectivity index (χ4n) is 2.90. The number of hydrogen-bond acceptors (Lipinski definition) is 6. The highest BCUT2D eigenvalue weighted by atomic mass is 32.2. The lowest BCUT2D eigenvalue weighted by Crippen LogP contribution is -2.15. The van der Waals surface area contributed by atoms with Gasteiger partial charge < -0.3 is 10.6 Å². The van der Waals surface area contributed by atoms with Crippen molar-refractivity contribution in [3.05, 3.63) is 91.0 Å². The summed E-state index contributed by atoms with van der Waals surface area (Å²) in [7, 11) is 0. The number of benzene rings is 2. The molecule has 0 bridgehead atoms. The second-order valence-corrected chi connectivity index (χ2v) is 7.24. The molecule has 0 saturated heterocycles. The van der Waals surface area contributed by atoms with Gasteiger partial charge in [0, 0.05) is 28.5 Å². The molecule has 0 saturated carbocycles. The maximum atomic E-state index is 12.8. The third-order valence-corrected chi connectivity index (χ3v) is 5.13. The Bertz CT molecular complexity index is 1150. The molecular formula is C23H19N5OS. The number of hydrogen-bond donors (Lipinski definition) is 2. The van der Waals surface area contributed by atoms with E-state index in [9.17, 15) is 4.79 Å². The molecule has 0 atom stereocenters. The van der Waals surface area contributed by atoms with Crippen LogP contribution >= 0.6 is 11.8 Å². The molecule has 4 rings (SSSR count). The van der Waals surface area contributed by atoms with E-state index in [1.807, 2.05) is 66.9 Å². The van der Waals surface area contributed by atoms with Crippen molar-refractivity contribution in [3.8, 4) is 11.1 Å². The monoisotopic (exact) mass is 413 g/mol. The van der Waals surface area contributed by atoms with Crippen LogP contribution in [0.3, 0.4) is 0 Å². The van der Waals surface area contributed by atoms with Gasteiger partial charge in [-0.3, -0.25) is 9.78 Å². The molecule has 148 valence electrons. The zero-order valence-electron chi connectivity index (χ0n) is 16.2. The Morgan fingerprint density at radius 3 is 2.50 bits per heavy atom. The fourth-order valence-corrected chi connectivity index (χ4v) is 3.31. The molecule has 4 aromatic rings. The Morgan fingerprint density at radius 2 is 1.73 bits per heavy atom. The molecule has 2 aromatic carbocycles. The van der Waals surface area contributed by atoms with Crippen LogP contribution in [-0.2, 0) is 0 Å². The quantitative estimate of drug-likeness (QED) is 0.420. The van der Waals surface area contributed by atoms with Crippen LogP contribution < -0.4 is 10.6 Å². The molecule has 0 aliphatic heterocycles. The van der Waals surface area contributed by atoms with Gasteiger partial charge in [0.05, 0.1) is 11.9 Å². The SMILES string of the molecule is CSc1ccc(Nc2nccc(C(=O)Nc3cnccc3-c3ccccc3)n2)cc1. The van der Waals surface area contributed by atoms with E-state index in [1.54, 1.807) is 36.4 Å².